The Morgan fingerprint density at radius 1 is 1.31 bits per heavy atom. The van der Waals surface area contributed by atoms with E-state index in [9.17, 15) is 9.59 Å². The fourth-order valence-electron chi connectivity index (χ4n) is 1.90. The molecule has 0 saturated carbocycles. The van der Waals surface area contributed by atoms with Crippen LogP contribution in [0.5, 0.6) is 5.75 Å². The Morgan fingerprint density at radius 2 is 2.12 bits per heavy atom. The molecule has 1 saturated heterocycles. The highest BCUT2D eigenvalue weighted by atomic mass is 32.2. The van der Waals surface area contributed by atoms with E-state index in [0.29, 0.717) is 22.9 Å². The smallest absolute Gasteiger partial charge is 0.335 e. The largest absolute Gasteiger partial charge is 0.424 e. The van der Waals surface area contributed by atoms with Gasteiger partial charge in [0.2, 0.25) is 0 Å². The second kappa shape index (κ2) is 3.52. The van der Waals surface area contributed by atoms with Crippen LogP contribution in [0.15, 0.2) is 24.3 Å². The van der Waals surface area contributed by atoms with Crippen molar-refractivity contribution in [2.75, 3.05) is 11.6 Å². The van der Waals surface area contributed by atoms with Gasteiger partial charge in [0.1, 0.15) is 11.8 Å². The van der Waals surface area contributed by atoms with Gasteiger partial charge < -0.3 is 9.64 Å². The van der Waals surface area contributed by atoms with Gasteiger partial charge in [-0.3, -0.25) is 4.79 Å². The van der Waals surface area contributed by atoms with Crippen LogP contribution >= 0.6 is 11.8 Å². The molecule has 16 heavy (non-hydrogen) atoms. The molecular formula is C11H9NO3S. The number of hydrogen-bond acceptors (Lipinski definition) is 4. The van der Waals surface area contributed by atoms with Crippen LogP contribution in [0.25, 0.3) is 0 Å². The maximum absolute atomic E-state index is 12.1. The first-order valence-corrected chi connectivity index (χ1v) is 6.12. The van der Waals surface area contributed by atoms with Crippen molar-refractivity contribution in [3.8, 4) is 5.75 Å². The molecule has 2 aliphatic heterocycles. The van der Waals surface area contributed by atoms with E-state index >= 15 is 0 Å². The van der Waals surface area contributed by atoms with E-state index in [1.54, 1.807) is 40.9 Å². The third-order valence-corrected chi connectivity index (χ3v) is 3.76. The topological polar surface area (TPSA) is 46.6 Å². The first kappa shape index (κ1) is 9.72. The first-order chi connectivity index (χ1) is 7.77. The molecule has 1 aromatic rings. The summed E-state index contributed by atoms with van der Waals surface area (Å²) < 4.78 is 5.23. The number of ether oxygens (including phenoxy) is 1. The highest BCUT2D eigenvalue weighted by molar-refractivity contribution is 7.99. The molecule has 1 amide bonds. The number of esters is 1. The van der Waals surface area contributed by atoms with Crippen LogP contribution in [-0.4, -0.2) is 34.4 Å². The van der Waals surface area contributed by atoms with Gasteiger partial charge in [0.15, 0.2) is 0 Å². The number of nitrogens with zero attached hydrogens (tertiary/aromatic N) is 1. The number of carbonyl (C=O) groups excluding carboxylic acids is 2. The lowest BCUT2D eigenvalue weighted by atomic mass is 10.2. The number of para-hydroxylation sites is 1. The number of amides is 1. The summed E-state index contributed by atoms with van der Waals surface area (Å²) in [6, 6.07) is 6.44. The van der Waals surface area contributed by atoms with Crippen molar-refractivity contribution in [3.05, 3.63) is 29.8 Å². The van der Waals surface area contributed by atoms with Gasteiger partial charge in [0.05, 0.1) is 11.4 Å². The summed E-state index contributed by atoms with van der Waals surface area (Å²) in [5, 5.41) is 0. The van der Waals surface area contributed by atoms with Gasteiger partial charge >= 0.3 is 5.97 Å². The van der Waals surface area contributed by atoms with Crippen molar-refractivity contribution in [2.24, 2.45) is 0 Å². The molecule has 0 aromatic heterocycles. The molecule has 1 fully saturated rings. The number of thioether (sulfide) groups is 1. The summed E-state index contributed by atoms with van der Waals surface area (Å²) in [4.78, 5) is 25.5. The average Bonchev–Trinajstić information content (AvgIpc) is 2.74. The Hall–Kier alpha value is -1.49. The van der Waals surface area contributed by atoms with Crippen molar-refractivity contribution < 1.29 is 14.3 Å². The summed E-state index contributed by atoms with van der Waals surface area (Å²) >= 11 is 1.58. The average molecular weight is 235 g/mol. The Balaban J connectivity index is 2.11. The van der Waals surface area contributed by atoms with Gasteiger partial charge in [-0.15, -0.1) is 11.8 Å². The molecule has 5 heteroatoms. The first-order valence-electron chi connectivity index (χ1n) is 4.97. The minimum Gasteiger partial charge on any atom is -0.424 e. The van der Waals surface area contributed by atoms with Gasteiger partial charge in [-0.1, -0.05) is 12.1 Å². The molecule has 82 valence electrons. The van der Waals surface area contributed by atoms with Crippen molar-refractivity contribution in [1.82, 2.24) is 4.90 Å². The minimum absolute atomic E-state index is 0.114. The van der Waals surface area contributed by atoms with Gasteiger partial charge in [-0.2, -0.15) is 0 Å². The zero-order valence-electron chi connectivity index (χ0n) is 8.38. The lowest BCUT2D eigenvalue weighted by Crippen LogP contribution is -2.41. The van der Waals surface area contributed by atoms with Crippen molar-refractivity contribution in [2.45, 2.75) is 6.04 Å². The van der Waals surface area contributed by atoms with E-state index in [1.165, 1.54) is 0 Å². The standard InChI is InChI=1S/C11H9NO3S/c13-10-7-3-1-2-4-9(7)15-11(14)8-5-16-6-12(8)10/h1-4,8H,5-6H2. The van der Waals surface area contributed by atoms with Gasteiger partial charge in [0, 0.05) is 5.75 Å². The van der Waals surface area contributed by atoms with Crippen LogP contribution in [0.3, 0.4) is 0 Å². The summed E-state index contributed by atoms with van der Waals surface area (Å²) in [5.41, 5.74) is 0.473. The monoisotopic (exact) mass is 235 g/mol. The Bertz CT molecular complexity index is 474. The lowest BCUT2D eigenvalue weighted by Gasteiger charge is -2.17. The number of rotatable bonds is 0. The maximum Gasteiger partial charge on any atom is 0.335 e. The Morgan fingerprint density at radius 3 is 3.00 bits per heavy atom. The van der Waals surface area contributed by atoms with Gasteiger partial charge in [0.25, 0.3) is 5.91 Å². The highest BCUT2D eigenvalue weighted by Crippen LogP contribution is 2.31. The third kappa shape index (κ3) is 1.31. The molecule has 1 atom stereocenters. The van der Waals surface area contributed by atoms with E-state index in [4.69, 9.17) is 4.74 Å². The Labute approximate surface area is 96.6 Å². The van der Waals surface area contributed by atoms with Crippen LogP contribution in [0, 0.1) is 0 Å². The molecule has 0 spiro atoms. The molecule has 0 N–H and O–H groups in total. The van der Waals surface area contributed by atoms with Crippen molar-refractivity contribution >= 4 is 23.6 Å². The maximum atomic E-state index is 12.1. The summed E-state index contributed by atoms with van der Waals surface area (Å²) in [6.45, 7) is 0. The molecule has 3 rings (SSSR count). The number of hydrogen-bond donors (Lipinski definition) is 0. The van der Waals surface area contributed by atoms with E-state index < -0.39 is 6.04 Å². The molecule has 0 radical (unpaired) electrons. The summed E-state index contributed by atoms with van der Waals surface area (Å²) in [6.07, 6.45) is 0. The predicted molar refractivity (Wildman–Crippen MR) is 59.4 cm³/mol. The number of benzene rings is 1. The van der Waals surface area contributed by atoms with Gasteiger partial charge in [-0.05, 0) is 12.1 Å². The molecule has 4 nitrogen and oxygen atoms in total. The van der Waals surface area contributed by atoms with Crippen LogP contribution < -0.4 is 4.74 Å². The third-order valence-electron chi connectivity index (χ3n) is 2.74. The highest BCUT2D eigenvalue weighted by Gasteiger charge is 2.40. The zero-order chi connectivity index (χ0) is 11.1. The van der Waals surface area contributed by atoms with Crippen LogP contribution in [0.2, 0.25) is 0 Å². The predicted octanol–water partition coefficient (Wildman–Crippen LogP) is 1.12. The van der Waals surface area contributed by atoms with Crippen molar-refractivity contribution in [3.63, 3.8) is 0 Å². The van der Waals surface area contributed by atoms with Crippen LogP contribution in [-0.2, 0) is 4.79 Å². The van der Waals surface area contributed by atoms with Crippen LogP contribution in [0.1, 0.15) is 10.4 Å². The lowest BCUT2D eigenvalue weighted by molar-refractivity contribution is -0.137. The number of carbonyl (C=O) groups is 2. The zero-order valence-corrected chi connectivity index (χ0v) is 9.20. The Kier molecular flexibility index (Phi) is 2.14. The normalized spacial score (nSPS) is 23.5. The fourth-order valence-corrected chi connectivity index (χ4v) is 3.04. The molecule has 2 aliphatic rings. The molecule has 1 aromatic carbocycles. The molecule has 0 bridgehead atoms. The van der Waals surface area contributed by atoms with E-state index in [0.717, 1.165) is 0 Å². The SMILES string of the molecule is O=C1Oc2ccccc2C(=O)N2CSCC12. The number of fused-ring (bicyclic) bond motifs is 2. The molecule has 1 unspecified atom stereocenters. The van der Waals surface area contributed by atoms with E-state index in [-0.39, 0.29) is 11.9 Å². The summed E-state index contributed by atoms with van der Waals surface area (Å²) in [7, 11) is 0. The fraction of sp³-hybridized carbons (Fsp3) is 0.273. The second-order valence-electron chi connectivity index (χ2n) is 3.71. The van der Waals surface area contributed by atoms with Crippen molar-refractivity contribution in [1.29, 1.82) is 0 Å². The second-order valence-corrected chi connectivity index (χ2v) is 4.71. The molecule has 2 heterocycles. The minimum atomic E-state index is -0.426. The van der Waals surface area contributed by atoms with Gasteiger partial charge in [-0.25, -0.2) is 4.79 Å². The molecule has 0 aliphatic carbocycles. The van der Waals surface area contributed by atoms with E-state index in [1.807, 2.05) is 0 Å². The summed E-state index contributed by atoms with van der Waals surface area (Å²) in [5.74, 6) is 1.11. The molecular weight excluding hydrogens is 226 g/mol. The quantitative estimate of drug-likeness (QED) is 0.499. The van der Waals surface area contributed by atoms with E-state index in [2.05, 4.69) is 0 Å². The van der Waals surface area contributed by atoms with Crippen LogP contribution in [0.4, 0.5) is 0 Å².